The van der Waals surface area contributed by atoms with Crippen molar-refractivity contribution < 1.29 is 9.90 Å². The van der Waals surface area contributed by atoms with Gasteiger partial charge in [-0.3, -0.25) is 0 Å². The quantitative estimate of drug-likeness (QED) is 0.519. The van der Waals surface area contributed by atoms with Crippen molar-refractivity contribution in [1.82, 2.24) is 4.90 Å². The van der Waals surface area contributed by atoms with Crippen LogP contribution in [0.2, 0.25) is 0 Å². The Morgan fingerprint density at radius 3 is 2.18 bits per heavy atom. The Kier molecular flexibility index (Phi) is 3.68. The summed E-state index contributed by atoms with van der Waals surface area (Å²) in [5.41, 5.74) is 0.0108. The smallest absolute Gasteiger partial charge is 0.338 e. The third-order valence-corrected chi connectivity index (χ3v) is 1.11. The average Bonchev–Trinajstić information content (AvgIpc) is 1.81. The van der Waals surface area contributed by atoms with Gasteiger partial charge in [-0.1, -0.05) is 18.2 Å². The van der Waals surface area contributed by atoms with Gasteiger partial charge in [0.05, 0.1) is 5.57 Å². The van der Waals surface area contributed by atoms with Gasteiger partial charge < -0.3 is 10.0 Å². The molecule has 0 aromatic heterocycles. The maximum atomic E-state index is 10.4. The van der Waals surface area contributed by atoms with E-state index >= 15 is 0 Å². The highest BCUT2D eigenvalue weighted by Gasteiger charge is 2.08. The van der Waals surface area contributed by atoms with Crippen molar-refractivity contribution in [2.24, 2.45) is 0 Å². The SMILES string of the molecule is C=C(Cl)/C(=C\N(C)C)C(=O)O. The predicted octanol–water partition coefficient (Wildman–Crippen LogP) is 1.27. The first-order chi connectivity index (χ1) is 4.95. The molecular weight excluding hydrogens is 166 g/mol. The van der Waals surface area contributed by atoms with Crippen molar-refractivity contribution in [2.75, 3.05) is 14.1 Å². The van der Waals surface area contributed by atoms with Crippen molar-refractivity contribution in [1.29, 1.82) is 0 Å². The molecule has 0 saturated carbocycles. The molecule has 0 atom stereocenters. The molecule has 0 aliphatic heterocycles. The van der Waals surface area contributed by atoms with E-state index in [4.69, 9.17) is 16.7 Å². The van der Waals surface area contributed by atoms with E-state index in [0.29, 0.717) is 0 Å². The molecule has 0 aromatic carbocycles. The largest absolute Gasteiger partial charge is 0.478 e. The number of carboxylic acid groups (broad SMARTS) is 1. The summed E-state index contributed by atoms with van der Waals surface area (Å²) >= 11 is 5.41. The van der Waals surface area contributed by atoms with E-state index in [1.807, 2.05) is 0 Å². The fraction of sp³-hybridized carbons (Fsp3) is 0.286. The third-order valence-electron chi connectivity index (χ3n) is 0.910. The molecule has 0 radical (unpaired) electrons. The topological polar surface area (TPSA) is 40.5 Å². The number of rotatable bonds is 3. The zero-order valence-corrected chi connectivity index (χ0v) is 7.22. The van der Waals surface area contributed by atoms with Crippen LogP contribution in [0.25, 0.3) is 0 Å². The van der Waals surface area contributed by atoms with Crippen LogP contribution < -0.4 is 0 Å². The zero-order chi connectivity index (χ0) is 9.02. The van der Waals surface area contributed by atoms with Crippen LogP contribution in [0.5, 0.6) is 0 Å². The van der Waals surface area contributed by atoms with Gasteiger partial charge in [0.25, 0.3) is 0 Å². The molecule has 3 nitrogen and oxygen atoms in total. The van der Waals surface area contributed by atoms with Crippen LogP contribution in [0.15, 0.2) is 23.4 Å². The number of nitrogens with zero attached hydrogens (tertiary/aromatic N) is 1. The molecule has 0 spiro atoms. The van der Waals surface area contributed by atoms with Crippen molar-refractivity contribution in [2.45, 2.75) is 0 Å². The van der Waals surface area contributed by atoms with E-state index in [1.54, 1.807) is 19.0 Å². The minimum atomic E-state index is -1.07. The first kappa shape index (κ1) is 10.0. The van der Waals surface area contributed by atoms with Crippen LogP contribution in [0.4, 0.5) is 0 Å². The van der Waals surface area contributed by atoms with E-state index in [2.05, 4.69) is 6.58 Å². The number of hydrogen-bond donors (Lipinski definition) is 1. The van der Waals surface area contributed by atoms with E-state index in [1.165, 1.54) is 6.20 Å². The lowest BCUT2D eigenvalue weighted by Gasteiger charge is -2.06. The van der Waals surface area contributed by atoms with Gasteiger partial charge in [-0.25, -0.2) is 4.79 Å². The van der Waals surface area contributed by atoms with Crippen LogP contribution in [0.3, 0.4) is 0 Å². The third kappa shape index (κ3) is 3.68. The number of aliphatic carboxylic acids is 1. The van der Waals surface area contributed by atoms with Gasteiger partial charge in [-0.15, -0.1) is 0 Å². The van der Waals surface area contributed by atoms with E-state index in [9.17, 15) is 4.79 Å². The summed E-state index contributed by atoms with van der Waals surface area (Å²) in [6.07, 6.45) is 1.40. The lowest BCUT2D eigenvalue weighted by molar-refractivity contribution is -0.132. The molecule has 0 fully saturated rings. The average molecular weight is 176 g/mol. The first-order valence-electron chi connectivity index (χ1n) is 2.91. The lowest BCUT2D eigenvalue weighted by Crippen LogP contribution is -2.08. The molecule has 0 bridgehead atoms. The van der Waals surface area contributed by atoms with Gasteiger partial charge in [-0.05, 0) is 0 Å². The van der Waals surface area contributed by atoms with Gasteiger partial charge >= 0.3 is 5.97 Å². The Hall–Kier alpha value is -0.960. The monoisotopic (exact) mass is 175 g/mol. The molecule has 0 rings (SSSR count). The van der Waals surface area contributed by atoms with Gasteiger partial charge in [0, 0.05) is 25.3 Å². The minimum Gasteiger partial charge on any atom is -0.478 e. The number of hydrogen-bond acceptors (Lipinski definition) is 2. The fourth-order valence-electron chi connectivity index (χ4n) is 0.499. The van der Waals surface area contributed by atoms with Crippen LogP contribution >= 0.6 is 11.6 Å². The molecule has 0 amide bonds. The second-order valence-corrected chi connectivity index (χ2v) is 2.67. The maximum Gasteiger partial charge on any atom is 0.338 e. The summed E-state index contributed by atoms with van der Waals surface area (Å²) in [5.74, 6) is -1.07. The van der Waals surface area contributed by atoms with Crippen LogP contribution in [-0.4, -0.2) is 30.1 Å². The summed E-state index contributed by atoms with van der Waals surface area (Å²) in [6, 6.07) is 0. The predicted molar refractivity (Wildman–Crippen MR) is 44.4 cm³/mol. The second-order valence-electron chi connectivity index (χ2n) is 2.22. The van der Waals surface area contributed by atoms with Crippen molar-refractivity contribution in [3.05, 3.63) is 23.4 Å². The molecule has 11 heavy (non-hydrogen) atoms. The van der Waals surface area contributed by atoms with Crippen LogP contribution in [0, 0.1) is 0 Å². The van der Waals surface area contributed by atoms with E-state index < -0.39 is 5.97 Å². The molecule has 0 aromatic rings. The molecule has 62 valence electrons. The Balaban J connectivity index is 4.60. The molecule has 0 heterocycles. The summed E-state index contributed by atoms with van der Waals surface area (Å²) in [7, 11) is 3.42. The van der Waals surface area contributed by atoms with Crippen molar-refractivity contribution >= 4 is 17.6 Å². The Bertz CT molecular complexity index is 192. The molecule has 0 aliphatic rings. The van der Waals surface area contributed by atoms with Crippen molar-refractivity contribution in [3.8, 4) is 0 Å². The van der Waals surface area contributed by atoms with Crippen molar-refractivity contribution in [3.63, 3.8) is 0 Å². The van der Waals surface area contributed by atoms with Crippen LogP contribution in [0.1, 0.15) is 0 Å². The highest BCUT2D eigenvalue weighted by Crippen LogP contribution is 2.12. The molecule has 1 N–H and O–H groups in total. The molecule has 0 aliphatic carbocycles. The Morgan fingerprint density at radius 1 is 1.64 bits per heavy atom. The van der Waals surface area contributed by atoms with Gasteiger partial charge in [0.2, 0.25) is 0 Å². The molecular formula is C7H10ClNO2. The summed E-state index contributed by atoms with van der Waals surface area (Å²) < 4.78 is 0. The first-order valence-corrected chi connectivity index (χ1v) is 3.29. The summed E-state index contributed by atoms with van der Waals surface area (Å²) in [5, 5.41) is 8.59. The highest BCUT2D eigenvalue weighted by atomic mass is 35.5. The number of carbonyl (C=O) groups is 1. The Morgan fingerprint density at radius 2 is 2.09 bits per heavy atom. The molecule has 4 heteroatoms. The molecule has 0 unspecified atom stereocenters. The standard InChI is InChI=1S/C7H10ClNO2/c1-5(8)6(7(10)11)4-9(2)3/h4H,1H2,2-3H3,(H,10,11)/b6-4+. The number of carboxylic acids is 1. The second kappa shape index (κ2) is 4.03. The minimum absolute atomic E-state index is 0.0108. The summed E-state index contributed by atoms with van der Waals surface area (Å²) in [6.45, 7) is 3.32. The fourth-order valence-corrected chi connectivity index (χ4v) is 0.629. The van der Waals surface area contributed by atoms with Gasteiger partial charge in [-0.2, -0.15) is 0 Å². The Labute approximate surface area is 70.6 Å². The maximum absolute atomic E-state index is 10.4. The van der Waals surface area contributed by atoms with Crippen LogP contribution in [-0.2, 0) is 4.79 Å². The zero-order valence-electron chi connectivity index (χ0n) is 6.47. The summed E-state index contributed by atoms with van der Waals surface area (Å²) in [4.78, 5) is 12.0. The van der Waals surface area contributed by atoms with Gasteiger partial charge in [0.1, 0.15) is 0 Å². The van der Waals surface area contributed by atoms with Gasteiger partial charge in [0.15, 0.2) is 0 Å². The molecule has 0 saturated heterocycles. The highest BCUT2D eigenvalue weighted by molar-refractivity contribution is 6.34. The van der Waals surface area contributed by atoms with E-state index in [-0.39, 0.29) is 10.6 Å². The number of halogens is 1. The normalized spacial score (nSPS) is 11.0. The van der Waals surface area contributed by atoms with E-state index in [0.717, 1.165) is 0 Å². The lowest BCUT2D eigenvalue weighted by atomic mass is 10.3.